The molecular weight excluding hydrogens is 442 g/mol. The molecule has 1 saturated heterocycles. The molecule has 0 unspecified atom stereocenters. The minimum atomic E-state index is -3.85. The number of nitrogens with zero attached hydrogens (tertiary/aromatic N) is 2. The van der Waals surface area contributed by atoms with Crippen molar-refractivity contribution in [3.8, 4) is 5.75 Å². The highest BCUT2D eigenvalue weighted by Crippen LogP contribution is 2.35. The maximum Gasteiger partial charge on any atom is 0.243 e. The van der Waals surface area contributed by atoms with Crippen molar-refractivity contribution in [1.82, 2.24) is 9.62 Å². The zero-order chi connectivity index (χ0) is 23.8. The van der Waals surface area contributed by atoms with Crippen LogP contribution < -0.4 is 15.0 Å². The van der Waals surface area contributed by atoms with Crippen LogP contribution in [-0.4, -0.2) is 50.3 Å². The number of fused-ring (bicyclic) bond motifs is 1. The number of sulfonamides is 1. The van der Waals surface area contributed by atoms with Gasteiger partial charge in [0.25, 0.3) is 0 Å². The zero-order valence-corrected chi connectivity index (χ0v) is 19.9. The van der Waals surface area contributed by atoms with Crippen LogP contribution in [0, 0.1) is 0 Å². The van der Waals surface area contributed by atoms with Crippen LogP contribution >= 0.6 is 0 Å². The number of anilines is 1. The molecule has 0 aliphatic carbocycles. The molecule has 2 aliphatic rings. The van der Waals surface area contributed by atoms with Gasteiger partial charge < -0.3 is 15.0 Å². The molecule has 0 spiro atoms. The maximum absolute atomic E-state index is 13.5. The number of ether oxygens (including phenoxy) is 1. The number of rotatable bonds is 6. The second-order valence-electron chi connectivity index (χ2n) is 8.58. The van der Waals surface area contributed by atoms with Gasteiger partial charge in [0, 0.05) is 31.7 Å². The Morgan fingerprint density at radius 3 is 2.70 bits per heavy atom. The normalized spacial score (nSPS) is 20.5. The smallest absolute Gasteiger partial charge is 0.243 e. The van der Waals surface area contributed by atoms with Crippen LogP contribution in [0.25, 0.3) is 0 Å². The van der Waals surface area contributed by atoms with Crippen molar-refractivity contribution >= 4 is 27.5 Å². The van der Waals surface area contributed by atoms with Crippen molar-refractivity contribution in [3.05, 3.63) is 53.6 Å². The Labute approximate surface area is 194 Å². The molecule has 2 heterocycles. The van der Waals surface area contributed by atoms with Crippen molar-refractivity contribution in [1.29, 1.82) is 0 Å². The highest BCUT2D eigenvalue weighted by atomic mass is 32.2. The molecule has 4 rings (SSSR count). The van der Waals surface area contributed by atoms with E-state index in [-0.39, 0.29) is 29.3 Å². The van der Waals surface area contributed by atoms with Crippen LogP contribution in [0.15, 0.2) is 47.4 Å². The molecule has 1 fully saturated rings. The van der Waals surface area contributed by atoms with Crippen molar-refractivity contribution in [2.24, 2.45) is 0 Å². The Hall–Kier alpha value is -2.91. The molecule has 1 N–H and O–H groups in total. The number of carbonyl (C=O) groups is 2. The quantitative estimate of drug-likeness (QED) is 0.698. The molecule has 2 atom stereocenters. The summed E-state index contributed by atoms with van der Waals surface area (Å²) in [7, 11) is -2.27. The molecule has 9 heteroatoms. The van der Waals surface area contributed by atoms with Gasteiger partial charge in [-0.2, -0.15) is 4.31 Å². The Morgan fingerprint density at radius 2 is 1.97 bits per heavy atom. The first-order chi connectivity index (χ1) is 15.7. The first-order valence-corrected chi connectivity index (χ1v) is 12.5. The second kappa shape index (κ2) is 9.15. The predicted octanol–water partition coefficient (Wildman–Crippen LogP) is 2.46. The highest BCUT2D eigenvalue weighted by molar-refractivity contribution is 7.89. The Kier molecular flexibility index (Phi) is 6.45. The summed E-state index contributed by atoms with van der Waals surface area (Å²) >= 11 is 0. The van der Waals surface area contributed by atoms with Gasteiger partial charge in [0.15, 0.2) is 0 Å². The molecular formula is C24H29N3O5S. The van der Waals surface area contributed by atoms with Crippen molar-refractivity contribution in [2.45, 2.75) is 56.6 Å². The number of nitrogens with one attached hydrogen (secondary N) is 1. The molecule has 8 nitrogen and oxygen atoms in total. The van der Waals surface area contributed by atoms with E-state index in [0.29, 0.717) is 31.6 Å². The monoisotopic (exact) mass is 471 g/mol. The van der Waals surface area contributed by atoms with E-state index in [1.165, 1.54) is 17.3 Å². The van der Waals surface area contributed by atoms with E-state index in [2.05, 4.69) is 5.32 Å². The summed E-state index contributed by atoms with van der Waals surface area (Å²) < 4.78 is 33.4. The third-order valence-corrected chi connectivity index (χ3v) is 8.22. The lowest BCUT2D eigenvalue weighted by Gasteiger charge is -2.24. The van der Waals surface area contributed by atoms with Gasteiger partial charge in [-0.15, -0.1) is 0 Å². The number of methoxy groups -OCH3 is 1. The summed E-state index contributed by atoms with van der Waals surface area (Å²) in [5.41, 5.74) is 2.46. The fourth-order valence-electron chi connectivity index (χ4n) is 4.76. The van der Waals surface area contributed by atoms with Gasteiger partial charge in [0.2, 0.25) is 21.8 Å². The molecule has 0 radical (unpaired) electrons. The second-order valence-corrected chi connectivity index (χ2v) is 10.5. The lowest BCUT2D eigenvalue weighted by molar-refractivity contribution is -0.124. The molecule has 0 aromatic heterocycles. The predicted molar refractivity (Wildman–Crippen MR) is 125 cm³/mol. The SMILES string of the molecule is COc1cccc(CNC(=O)[C@@H]2CCCN2S(=O)(=O)c2ccc3c(c2)C[C@H](C)N3C(C)=O)c1. The Balaban J connectivity index is 1.51. The summed E-state index contributed by atoms with van der Waals surface area (Å²) in [4.78, 5) is 26.7. The third-order valence-electron chi connectivity index (χ3n) is 6.32. The average molecular weight is 472 g/mol. The number of carbonyl (C=O) groups excluding carboxylic acids is 2. The van der Waals surface area contributed by atoms with Crippen LogP contribution in [0.4, 0.5) is 5.69 Å². The van der Waals surface area contributed by atoms with Gasteiger partial charge in [0.1, 0.15) is 11.8 Å². The fourth-order valence-corrected chi connectivity index (χ4v) is 6.47. The molecule has 33 heavy (non-hydrogen) atoms. The highest BCUT2D eigenvalue weighted by Gasteiger charge is 2.40. The molecule has 0 bridgehead atoms. The van der Waals surface area contributed by atoms with E-state index in [1.54, 1.807) is 24.1 Å². The van der Waals surface area contributed by atoms with Gasteiger partial charge in [-0.25, -0.2) is 8.42 Å². The first-order valence-electron chi connectivity index (χ1n) is 11.1. The standard InChI is InChI=1S/C24H29N3O5S/c1-16-12-19-14-21(9-10-22(19)27(16)17(2)28)33(30,31)26-11-5-8-23(26)24(29)25-15-18-6-4-7-20(13-18)32-3/h4,6-7,9-10,13-14,16,23H,5,8,11-12,15H2,1-3H3,(H,25,29)/t16-,23-/m0/s1. The van der Waals surface area contributed by atoms with Crippen LogP contribution in [-0.2, 0) is 32.6 Å². The average Bonchev–Trinajstić information content (AvgIpc) is 3.41. The number of hydrogen-bond acceptors (Lipinski definition) is 5. The van der Waals surface area contributed by atoms with Crippen LogP contribution in [0.3, 0.4) is 0 Å². The molecule has 2 aromatic carbocycles. The lowest BCUT2D eigenvalue weighted by Crippen LogP contribution is -2.45. The lowest BCUT2D eigenvalue weighted by atomic mass is 10.1. The number of hydrogen-bond donors (Lipinski definition) is 1. The minimum absolute atomic E-state index is 0.0163. The van der Waals surface area contributed by atoms with Crippen LogP contribution in [0.5, 0.6) is 5.75 Å². The van der Waals surface area contributed by atoms with Crippen molar-refractivity contribution in [2.75, 3.05) is 18.6 Å². The van der Waals surface area contributed by atoms with E-state index in [1.807, 2.05) is 31.2 Å². The van der Waals surface area contributed by atoms with E-state index in [4.69, 9.17) is 4.74 Å². The Bertz CT molecular complexity index is 1180. The third kappa shape index (κ3) is 4.47. The molecule has 0 saturated carbocycles. The van der Waals surface area contributed by atoms with Gasteiger partial charge >= 0.3 is 0 Å². The number of benzene rings is 2. The largest absolute Gasteiger partial charge is 0.497 e. The Morgan fingerprint density at radius 1 is 1.18 bits per heavy atom. The van der Waals surface area contributed by atoms with Gasteiger partial charge in [-0.1, -0.05) is 12.1 Å². The summed E-state index contributed by atoms with van der Waals surface area (Å²) in [6.07, 6.45) is 1.70. The minimum Gasteiger partial charge on any atom is -0.497 e. The summed E-state index contributed by atoms with van der Waals surface area (Å²) in [5, 5.41) is 2.87. The van der Waals surface area contributed by atoms with E-state index < -0.39 is 16.1 Å². The van der Waals surface area contributed by atoms with Gasteiger partial charge in [-0.05, 0) is 67.6 Å². The fraction of sp³-hybridized carbons (Fsp3) is 0.417. The van der Waals surface area contributed by atoms with Crippen LogP contribution in [0.1, 0.15) is 37.8 Å². The van der Waals surface area contributed by atoms with Crippen molar-refractivity contribution in [3.63, 3.8) is 0 Å². The zero-order valence-electron chi connectivity index (χ0n) is 19.1. The van der Waals surface area contributed by atoms with E-state index in [0.717, 1.165) is 16.8 Å². The molecule has 2 aliphatic heterocycles. The first kappa shape index (κ1) is 23.3. The van der Waals surface area contributed by atoms with Crippen molar-refractivity contribution < 1.29 is 22.7 Å². The summed E-state index contributed by atoms with van der Waals surface area (Å²) in [6.45, 7) is 4.04. The summed E-state index contributed by atoms with van der Waals surface area (Å²) in [5.74, 6) is 0.321. The van der Waals surface area contributed by atoms with E-state index >= 15 is 0 Å². The molecule has 2 amide bonds. The van der Waals surface area contributed by atoms with Crippen LogP contribution in [0.2, 0.25) is 0 Å². The topological polar surface area (TPSA) is 96.0 Å². The van der Waals surface area contributed by atoms with E-state index in [9.17, 15) is 18.0 Å². The van der Waals surface area contributed by atoms with Gasteiger partial charge in [-0.3, -0.25) is 9.59 Å². The number of amides is 2. The maximum atomic E-state index is 13.5. The van der Waals surface area contributed by atoms with Gasteiger partial charge in [0.05, 0.1) is 12.0 Å². The molecule has 2 aromatic rings. The molecule has 176 valence electrons. The summed E-state index contributed by atoms with van der Waals surface area (Å²) in [6, 6.07) is 11.5.